The molecule has 0 aliphatic heterocycles. The summed E-state index contributed by atoms with van der Waals surface area (Å²) in [6, 6.07) is 9.77. The zero-order valence-electron chi connectivity index (χ0n) is 8.27. The summed E-state index contributed by atoms with van der Waals surface area (Å²) in [5.41, 5.74) is 1.95. The molecule has 0 unspecified atom stereocenters. The number of aliphatic hydroxyl groups is 1. The van der Waals surface area contributed by atoms with Crippen LogP contribution in [0.4, 0.5) is 0 Å². The van der Waals surface area contributed by atoms with Crippen LogP contribution in [0, 0.1) is 0 Å². The zero-order chi connectivity index (χ0) is 11.0. The molecule has 0 saturated heterocycles. The average Bonchev–Trinajstić information content (AvgIpc) is 2.17. The van der Waals surface area contributed by atoms with Crippen LogP contribution in [-0.2, 0) is 4.79 Å². The van der Waals surface area contributed by atoms with E-state index < -0.39 is 5.97 Å². The van der Waals surface area contributed by atoms with Gasteiger partial charge in [0.15, 0.2) is 0 Å². The summed E-state index contributed by atoms with van der Waals surface area (Å²) in [7, 11) is 0. The number of aliphatic carboxylic acids is 1. The van der Waals surface area contributed by atoms with Crippen molar-refractivity contribution in [1.82, 2.24) is 0 Å². The molecule has 0 amide bonds. The second-order valence-electron chi connectivity index (χ2n) is 2.70. The topological polar surface area (TPSA) is 57.5 Å². The highest BCUT2D eigenvalue weighted by molar-refractivity contribution is 5.63. The van der Waals surface area contributed by atoms with Crippen LogP contribution >= 0.6 is 0 Å². The van der Waals surface area contributed by atoms with E-state index in [4.69, 9.17) is 15.0 Å². The van der Waals surface area contributed by atoms with Crippen molar-refractivity contribution in [3.8, 4) is 0 Å². The van der Waals surface area contributed by atoms with E-state index >= 15 is 0 Å². The minimum absolute atomic E-state index is 0.833. The van der Waals surface area contributed by atoms with Crippen LogP contribution < -0.4 is 0 Å². The summed E-state index contributed by atoms with van der Waals surface area (Å²) >= 11 is 0. The lowest BCUT2D eigenvalue weighted by Gasteiger charge is -1.96. The molecule has 0 heterocycles. The Morgan fingerprint density at radius 3 is 2.00 bits per heavy atom. The third-order valence-corrected chi connectivity index (χ3v) is 1.42. The van der Waals surface area contributed by atoms with Crippen molar-refractivity contribution in [3.05, 3.63) is 42.2 Å². The van der Waals surface area contributed by atoms with Gasteiger partial charge in [-0.3, -0.25) is 4.79 Å². The van der Waals surface area contributed by atoms with Crippen molar-refractivity contribution >= 4 is 11.5 Å². The van der Waals surface area contributed by atoms with Crippen LogP contribution in [-0.4, -0.2) is 16.2 Å². The molecular formula is C11H14O3. The summed E-state index contributed by atoms with van der Waals surface area (Å²) in [6.07, 6.45) is 1.12. The van der Waals surface area contributed by atoms with Gasteiger partial charge in [-0.1, -0.05) is 30.3 Å². The van der Waals surface area contributed by atoms with Crippen LogP contribution in [0.3, 0.4) is 0 Å². The fraction of sp³-hybridized carbons (Fsp3) is 0.182. The van der Waals surface area contributed by atoms with E-state index in [-0.39, 0.29) is 0 Å². The number of benzene rings is 1. The van der Waals surface area contributed by atoms with Crippen LogP contribution in [0.1, 0.15) is 19.4 Å². The Bertz CT molecular complexity index is 298. The van der Waals surface area contributed by atoms with Gasteiger partial charge in [-0.15, -0.1) is 0 Å². The van der Waals surface area contributed by atoms with Gasteiger partial charge in [-0.2, -0.15) is 0 Å². The molecule has 0 saturated carbocycles. The van der Waals surface area contributed by atoms with Gasteiger partial charge >= 0.3 is 0 Å². The summed E-state index contributed by atoms with van der Waals surface area (Å²) in [4.78, 5) is 9.00. The lowest BCUT2D eigenvalue weighted by molar-refractivity contribution is -0.134. The molecule has 76 valence electrons. The van der Waals surface area contributed by atoms with Gasteiger partial charge < -0.3 is 10.2 Å². The van der Waals surface area contributed by atoms with Crippen molar-refractivity contribution in [2.75, 3.05) is 0 Å². The van der Waals surface area contributed by atoms with E-state index in [9.17, 15) is 0 Å². The minimum atomic E-state index is -0.833. The summed E-state index contributed by atoms with van der Waals surface area (Å²) in [5.74, 6) is -0.833. The second-order valence-corrected chi connectivity index (χ2v) is 2.70. The highest BCUT2D eigenvalue weighted by Gasteiger charge is 1.90. The van der Waals surface area contributed by atoms with Crippen molar-refractivity contribution in [3.63, 3.8) is 0 Å². The van der Waals surface area contributed by atoms with E-state index in [1.54, 1.807) is 0 Å². The molecule has 0 aliphatic rings. The monoisotopic (exact) mass is 194 g/mol. The Morgan fingerprint density at radius 1 is 1.21 bits per heavy atom. The Hall–Kier alpha value is -1.77. The van der Waals surface area contributed by atoms with Crippen molar-refractivity contribution in [2.24, 2.45) is 0 Å². The molecule has 1 aromatic carbocycles. The third-order valence-electron chi connectivity index (χ3n) is 1.42. The molecule has 1 rings (SSSR count). The Morgan fingerprint density at radius 2 is 1.64 bits per heavy atom. The van der Waals surface area contributed by atoms with Crippen LogP contribution in [0.15, 0.2) is 36.6 Å². The van der Waals surface area contributed by atoms with E-state index in [1.807, 2.05) is 37.3 Å². The number of hydrogen-bond acceptors (Lipinski definition) is 2. The molecular weight excluding hydrogens is 180 g/mol. The van der Waals surface area contributed by atoms with Crippen LogP contribution in [0.5, 0.6) is 0 Å². The normalized spacial score (nSPS) is 10.0. The highest BCUT2D eigenvalue weighted by Crippen LogP contribution is 2.10. The van der Waals surface area contributed by atoms with Gasteiger partial charge in [0.1, 0.15) is 0 Å². The van der Waals surface area contributed by atoms with Crippen molar-refractivity contribution in [1.29, 1.82) is 0 Å². The molecule has 0 bridgehead atoms. The largest absolute Gasteiger partial charge is 0.515 e. The van der Waals surface area contributed by atoms with Gasteiger partial charge in [0.2, 0.25) is 0 Å². The molecule has 1 aromatic rings. The predicted molar refractivity (Wildman–Crippen MR) is 56.0 cm³/mol. The lowest BCUT2D eigenvalue weighted by atomic mass is 10.1. The maximum Gasteiger partial charge on any atom is 0.300 e. The maximum atomic E-state index is 9.00. The van der Waals surface area contributed by atoms with Gasteiger partial charge in [-0.25, -0.2) is 0 Å². The van der Waals surface area contributed by atoms with E-state index in [2.05, 4.69) is 0 Å². The first-order chi connectivity index (χ1) is 6.57. The number of carboxylic acid groups (broad SMARTS) is 1. The molecule has 3 nitrogen and oxygen atoms in total. The zero-order valence-corrected chi connectivity index (χ0v) is 8.27. The number of rotatable bonds is 1. The predicted octanol–water partition coefficient (Wildman–Crippen LogP) is 2.70. The summed E-state index contributed by atoms with van der Waals surface area (Å²) < 4.78 is 0. The van der Waals surface area contributed by atoms with E-state index in [1.165, 1.54) is 0 Å². The fourth-order valence-corrected chi connectivity index (χ4v) is 0.776. The maximum absolute atomic E-state index is 9.00. The van der Waals surface area contributed by atoms with E-state index in [0.29, 0.717) is 0 Å². The van der Waals surface area contributed by atoms with Crippen molar-refractivity contribution in [2.45, 2.75) is 13.8 Å². The molecule has 0 aliphatic carbocycles. The van der Waals surface area contributed by atoms with Crippen LogP contribution in [0.2, 0.25) is 0 Å². The number of carboxylic acids is 1. The molecule has 14 heavy (non-hydrogen) atoms. The molecule has 2 N–H and O–H groups in total. The number of aliphatic hydroxyl groups excluding tert-OH is 1. The standard InChI is InChI=1S/C9H10O.C2H4O2/c1-8(7-10)9-5-3-2-4-6-9;1-2(3)4/h2-7,10H,1H3;1H3,(H,3,4)/b8-7-;. The average molecular weight is 194 g/mol. The minimum Gasteiger partial charge on any atom is -0.515 e. The van der Waals surface area contributed by atoms with E-state index in [0.717, 1.165) is 24.3 Å². The molecule has 0 atom stereocenters. The van der Waals surface area contributed by atoms with Crippen molar-refractivity contribution < 1.29 is 15.0 Å². The third kappa shape index (κ3) is 5.83. The first-order valence-electron chi connectivity index (χ1n) is 4.14. The molecule has 0 radical (unpaired) electrons. The Labute approximate surface area is 83.3 Å². The molecule has 0 aromatic heterocycles. The SMILES string of the molecule is C/C(=C/O)c1ccccc1.CC(=O)O. The smallest absolute Gasteiger partial charge is 0.300 e. The molecule has 3 heteroatoms. The number of carbonyl (C=O) groups is 1. The Balaban J connectivity index is 0.000000364. The first-order valence-corrected chi connectivity index (χ1v) is 4.14. The highest BCUT2D eigenvalue weighted by atomic mass is 16.4. The van der Waals surface area contributed by atoms with Gasteiger partial charge in [0.05, 0.1) is 6.26 Å². The molecule has 0 spiro atoms. The summed E-state index contributed by atoms with van der Waals surface area (Å²) in [5, 5.41) is 16.0. The fourth-order valence-electron chi connectivity index (χ4n) is 0.776. The number of allylic oxidation sites excluding steroid dienone is 1. The van der Waals surface area contributed by atoms with Gasteiger partial charge in [0.25, 0.3) is 5.97 Å². The lowest BCUT2D eigenvalue weighted by Crippen LogP contribution is -1.78. The molecule has 0 fully saturated rings. The Kier molecular flexibility index (Phi) is 5.87. The van der Waals surface area contributed by atoms with Crippen LogP contribution in [0.25, 0.3) is 5.57 Å². The quantitative estimate of drug-likeness (QED) is 0.676. The number of hydrogen-bond donors (Lipinski definition) is 2. The van der Waals surface area contributed by atoms with Gasteiger partial charge in [0, 0.05) is 6.92 Å². The van der Waals surface area contributed by atoms with Gasteiger partial charge in [-0.05, 0) is 18.1 Å². The first kappa shape index (κ1) is 12.2. The summed E-state index contributed by atoms with van der Waals surface area (Å²) in [6.45, 7) is 2.95. The second kappa shape index (κ2) is 6.71.